The van der Waals surface area contributed by atoms with Crippen molar-refractivity contribution in [2.24, 2.45) is 11.8 Å². The average molecular weight is 849 g/mol. The monoisotopic (exact) mass is 848 g/mol. The number of carbonyl (C=O) groups is 4. The van der Waals surface area contributed by atoms with Crippen LogP contribution >= 0.6 is 11.6 Å². The second kappa shape index (κ2) is 19.9. The first-order valence-electron chi connectivity index (χ1n) is 20.7. The molecule has 0 radical (unpaired) electrons. The van der Waals surface area contributed by atoms with Crippen molar-refractivity contribution in [1.82, 2.24) is 24.5 Å². The Morgan fingerprint density at radius 3 is 2.24 bits per heavy atom. The summed E-state index contributed by atoms with van der Waals surface area (Å²) in [6.07, 6.45) is -2.06. The molecule has 13 nitrogen and oxygen atoms in total. The van der Waals surface area contributed by atoms with Gasteiger partial charge in [-0.15, -0.1) is 0 Å². The topological polar surface area (TPSA) is 135 Å². The summed E-state index contributed by atoms with van der Waals surface area (Å²) < 4.78 is 52.7. The van der Waals surface area contributed by atoms with E-state index >= 15 is 0 Å². The highest BCUT2D eigenvalue weighted by atomic mass is 35.5. The van der Waals surface area contributed by atoms with E-state index in [1.807, 2.05) is 43.3 Å². The number of alkyl halides is 3. The smallest absolute Gasteiger partial charge is 0.420 e. The van der Waals surface area contributed by atoms with Gasteiger partial charge in [0, 0.05) is 64.0 Å². The van der Waals surface area contributed by atoms with Crippen LogP contribution in [0.3, 0.4) is 0 Å². The first-order chi connectivity index (χ1) is 28.2. The molecule has 2 aromatic carbocycles. The molecule has 4 aliphatic heterocycles. The number of rotatable bonds is 12. The summed E-state index contributed by atoms with van der Waals surface area (Å²) in [5.74, 6) is -0.969. The number of hydrogen-bond acceptors (Lipinski definition) is 9. The molecule has 0 saturated carbocycles. The number of nitrogens with zero attached hydrogens (tertiary/aromatic N) is 5. The van der Waals surface area contributed by atoms with E-state index in [-0.39, 0.29) is 43.1 Å². The van der Waals surface area contributed by atoms with Gasteiger partial charge in [0.15, 0.2) is 6.10 Å². The lowest BCUT2D eigenvalue weighted by atomic mass is 9.78. The number of piperidine rings is 3. The Bertz CT molecular complexity index is 1790. The van der Waals surface area contributed by atoms with Crippen molar-refractivity contribution >= 4 is 41.3 Å². The van der Waals surface area contributed by atoms with E-state index in [9.17, 15) is 37.5 Å². The van der Waals surface area contributed by atoms with Crippen molar-refractivity contribution in [1.29, 1.82) is 0 Å². The van der Waals surface area contributed by atoms with Gasteiger partial charge in [0.2, 0.25) is 0 Å². The van der Waals surface area contributed by atoms with Gasteiger partial charge >= 0.3 is 24.3 Å². The zero-order valence-electron chi connectivity index (χ0n) is 33.9. The van der Waals surface area contributed by atoms with Crippen molar-refractivity contribution in [3.63, 3.8) is 0 Å². The Hall–Kier alpha value is -4.28. The molecule has 2 N–H and O–H groups in total. The minimum atomic E-state index is -4.91. The molecule has 3 saturated heterocycles. The number of carbonyl (C=O) groups excluding carboxylic acids is 4. The number of urea groups is 1. The number of benzene rings is 2. The maximum atomic E-state index is 14.2. The molecule has 2 aromatic rings. The van der Waals surface area contributed by atoms with E-state index in [0.29, 0.717) is 76.8 Å². The number of hydrogen-bond donors (Lipinski definition) is 2. The molecule has 59 heavy (non-hydrogen) atoms. The van der Waals surface area contributed by atoms with Crippen LogP contribution in [0.4, 0.5) is 28.4 Å². The quantitative estimate of drug-likeness (QED) is 0.243. The van der Waals surface area contributed by atoms with Gasteiger partial charge in [-0.1, -0.05) is 29.8 Å². The summed E-state index contributed by atoms with van der Waals surface area (Å²) >= 11 is 6.03. The fraction of sp³-hybridized carbons (Fsp3) is 0.619. The zero-order valence-corrected chi connectivity index (χ0v) is 34.6. The predicted molar refractivity (Wildman–Crippen MR) is 215 cm³/mol. The van der Waals surface area contributed by atoms with Crippen molar-refractivity contribution < 1.29 is 46.9 Å². The van der Waals surface area contributed by atoms with Crippen LogP contribution in [0.25, 0.3) is 0 Å². The number of phenolic OH excluding ortho intramolecular Hbond substituents is 1. The lowest BCUT2D eigenvalue weighted by Crippen LogP contribution is -2.52. The summed E-state index contributed by atoms with van der Waals surface area (Å²) in [7, 11) is 3.85. The SMILES string of the molecule is CN(C)CCOC(=O)CCN1CCC(C2CCN(C(=O)C(Cc3cc(Cl)c(O)c(C(F)(F)F)c3)OC(=O)N3CCC(N4CCc5ccccc5NC4=O)CC3)CC2)CC1. The van der Waals surface area contributed by atoms with Gasteiger partial charge in [0.25, 0.3) is 5.91 Å². The highest BCUT2D eigenvalue weighted by molar-refractivity contribution is 6.32. The number of anilines is 1. The highest BCUT2D eigenvalue weighted by Crippen LogP contribution is 2.41. The third kappa shape index (κ3) is 11.7. The molecular weight excluding hydrogens is 793 g/mol. The Morgan fingerprint density at radius 2 is 1.58 bits per heavy atom. The van der Waals surface area contributed by atoms with Crippen molar-refractivity contribution in [2.75, 3.05) is 84.9 Å². The molecule has 1 unspecified atom stereocenters. The number of amides is 4. The van der Waals surface area contributed by atoms with E-state index in [2.05, 4.69) is 10.2 Å². The number of phenols is 1. The normalized spacial score (nSPS) is 19.6. The number of nitrogens with one attached hydrogen (secondary N) is 1. The molecule has 0 aromatic heterocycles. The van der Waals surface area contributed by atoms with E-state index in [1.54, 1.807) is 9.80 Å². The van der Waals surface area contributed by atoms with Gasteiger partial charge in [-0.25, -0.2) is 9.59 Å². The molecule has 4 heterocycles. The zero-order chi connectivity index (χ0) is 42.3. The van der Waals surface area contributed by atoms with Crippen LogP contribution in [-0.4, -0.2) is 145 Å². The van der Waals surface area contributed by atoms with Crippen LogP contribution in [0, 0.1) is 11.8 Å². The lowest BCUT2D eigenvalue weighted by Gasteiger charge is -2.41. The molecular formula is C42H56ClF3N6O7. The van der Waals surface area contributed by atoms with E-state index < -0.39 is 40.6 Å². The van der Waals surface area contributed by atoms with Gasteiger partial charge < -0.3 is 44.4 Å². The molecule has 4 amide bonds. The maximum absolute atomic E-state index is 14.2. The molecule has 17 heteroatoms. The second-order valence-corrected chi connectivity index (χ2v) is 16.8. The lowest BCUT2D eigenvalue weighted by molar-refractivity contribution is -0.145. The van der Waals surface area contributed by atoms with Crippen LogP contribution in [0.1, 0.15) is 61.6 Å². The van der Waals surface area contributed by atoms with Crippen molar-refractivity contribution in [2.45, 2.75) is 76.1 Å². The summed E-state index contributed by atoms with van der Waals surface area (Å²) in [6, 6.07) is 9.22. The molecule has 0 bridgehead atoms. The second-order valence-electron chi connectivity index (χ2n) is 16.4. The summed E-state index contributed by atoms with van der Waals surface area (Å²) in [5, 5.41) is 12.5. The summed E-state index contributed by atoms with van der Waals surface area (Å²) in [6.45, 7) is 5.32. The van der Waals surface area contributed by atoms with Crippen LogP contribution in [0.2, 0.25) is 5.02 Å². The van der Waals surface area contributed by atoms with Crippen molar-refractivity contribution in [3.05, 3.63) is 58.1 Å². The van der Waals surface area contributed by atoms with Gasteiger partial charge in [-0.3, -0.25) is 9.59 Å². The summed E-state index contributed by atoms with van der Waals surface area (Å²) in [5.41, 5.74) is 0.474. The van der Waals surface area contributed by atoms with Gasteiger partial charge in [-0.2, -0.15) is 13.2 Å². The van der Waals surface area contributed by atoms with Gasteiger partial charge in [0.1, 0.15) is 12.4 Å². The van der Waals surface area contributed by atoms with Gasteiger partial charge in [0.05, 0.1) is 17.0 Å². The van der Waals surface area contributed by atoms with Crippen LogP contribution in [0.15, 0.2) is 36.4 Å². The van der Waals surface area contributed by atoms with Crippen LogP contribution < -0.4 is 5.32 Å². The number of aromatic hydroxyl groups is 1. The van der Waals surface area contributed by atoms with Crippen LogP contribution in [0.5, 0.6) is 5.75 Å². The molecule has 6 rings (SSSR count). The largest absolute Gasteiger partial charge is 0.506 e. The van der Waals surface area contributed by atoms with Crippen molar-refractivity contribution in [3.8, 4) is 5.75 Å². The van der Waals surface area contributed by atoms with E-state index in [4.69, 9.17) is 21.1 Å². The molecule has 0 aliphatic carbocycles. The maximum Gasteiger partial charge on any atom is 0.420 e. The third-order valence-corrected chi connectivity index (χ3v) is 12.5. The van der Waals surface area contributed by atoms with E-state index in [0.717, 1.165) is 62.2 Å². The number of halogens is 4. The highest BCUT2D eigenvalue weighted by Gasteiger charge is 2.39. The Labute approximate surface area is 348 Å². The number of likely N-dealkylation sites (N-methyl/N-ethyl adjacent to an activating group) is 1. The molecule has 1 atom stereocenters. The summed E-state index contributed by atoms with van der Waals surface area (Å²) in [4.78, 5) is 62.3. The molecule has 3 fully saturated rings. The molecule has 4 aliphatic rings. The fourth-order valence-corrected chi connectivity index (χ4v) is 9.03. The minimum absolute atomic E-state index is 0.0124. The van der Waals surface area contributed by atoms with Crippen LogP contribution in [-0.2, 0) is 38.1 Å². The number of esters is 1. The minimum Gasteiger partial charge on any atom is -0.506 e. The standard InChI is InChI=1S/C42H56ClF3N6O7/c1-48(2)23-24-58-37(53)14-17-49-15-7-29(8-16-49)30-9-18-50(19-10-30)39(55)36(27-28-25-33(42(44,45)46)38(54)34(43)26-28)59-41(57)51-20-12-32(13-21-51)52-22-11-31-5-3-4-6-35(31)47-40(52)56/h3-6,25-26,29-30,32,36,54H,7-24,27H2,1-2H3,(H,47,56). The van der Waals surface area contributed by atoms with E-state index in [1.165, 1.54) is 4.90 Å². The molecule has 324 valence electrons. The first-order valence-corrected chi connectivity index (χ1v) is 21.0. The Morgan fingerprint density at radius 1 is 0.932 bits per heavy atom. The Balaban J connectivity index is 1.04. The number of ether oxygens (including phenoxy) is 2. The van der Waals surface area contributed by atoms with Gasteiger partial charge in [-0.05, 0) is 113 Å². The number of fused-ring (bicyclic) bond motifs is 1. The Kier molecular flexibility index (Phi) is 14.9. The number of likely N-dealkylation sites (tertiary alicyclic amines) is 3. The third-order valence-electron chi connectivity index (χ3n) is 12.3. The number of para-hydroxylation sites is 1. The fourth-order valence-electron chi connectivity index (χ4n) is 8.78. The predicted octanol–water partition coefficient (Wildman–Crippen LogP) is 6.11. The first kappa shape index (κ1) is 44.3. The molecule has 0 spiro atoms. The average Bonchev–Trinajstić information content (AvgIpc) is 3.38.